The van der Waals surface area contributed by atoms with E-state index < -0.39 is 0 Å². The Morgan fingerprint density at radius 3 is 2.95 bits per heavy atom. The van der Waals surface area contributed by atoms with E-state index in [9.17, 15) is 4.79 Å². The lowest BCUT2D eigenvalue weighted by molar-refractivity contribution is 0.252. The Kier molecular flexibility index (Phi) is 3.81. The minimum absolute atomic E-state index is 0.0211. The molecular formula is C16H20N4O. The van der Waals surface area contributed by atoms with Crippen molar-refractivity contribution in [3.63, 3.8) is 0 Å². The van der Waals surface area contributed by atoms with Crippen molar-refractivity contribution in [3.05, 3.63) is 48.3 Å². The maximum absolute atomic E-state index is 11.7. The minimum atomic E-state index is -0.0211. The van der Waals surface area contributed by atoms with Gasteiger partial charge in [-0.05, 0) is 36.8 Å². The molecule has 0 atom stereocenters. The largest absolute Gasteiger partial charge is 0.381 e. The molecule has 0 bridgehead atoms. The summed E-state index contributed by atoms with van der Waals surface area (Å²) in [6.45, 7) is 5.33. The molecule has 0 saturated carbocycles. The Hall–Kier alpha value is -2.43. The molecule has 0 aliphatic carbocycles. The first kappa shape index (κ1) is 13.5. The topological polar surface area (TPSA) is 49.3 Å². The van der Waals surface area contributed by atoms with E-state index in [1.165, 1.54) is 5.56 Å². The summed E-state index contributed by atoms with van der Waals surface area (Å²) >= 11 is 0. The number of anilines is 2. The van der Waals surface area contributed by atoms with E-state index in [-0.39, 0.29) is 6.03 Å². The second kappa shape index (κ2) is 5.91. The van der Waals surface area contributed by atoms with Crippen LogP contribution >= 0.6 is 0 Å². The van der Waals surface area contributed by atoms with Gasteiger partial charge in [0.15, 0.2) is 0 Å². The normalized spacial score (nSPS) is 14.3. The highest BCUT2D eigenvalue weighted by molar-refractivity contribution is 5.94. The van der Waals surface area contributed by atoms with Gasteiger partial charge in [0.1, 0.15) is 0 Å². The van der Waals surface area contributed by atoms with Crippen LogP contribution < -0.4 is 15.5 Å². The second-order valence-corrected chi connectivity index (χ2v) is 5.14. The molecule has 1 aliphatic heterocycles. The number of nitrogens with one attached hydrogen (secondary N) is 2. The summed E-state index contributed by atoms with van der Waals surface area (Å²) in [5.41, 5.74) is 3.21. The van der Waals surface area contributed by atoms with Crippen LogP contribution in [0.15, 0.2) is 42.7 Å². The average molecular weight is 284 g/mol. The van der Waals surface area contributed by atoms with Gasteiger partial charge in [-0.2, -0.15) is 0 Å². The zero-order valence-electron chi connectivity index (χ0n) is 12.2. The first-order valence-electron chi connectivity index (χ1n) is 7.30. The molecule has 2 heterocycles. The SMILES string of the molecule is CCn1ccc(CNc2cccc(N3CCNC3=O)c2)c1. The number of hydrogen-bond acceptors (Lipinski definition) is 2. The summed E-state index contributed by atoms with van der Waals surface area (Å²) in [7, 11) is 0. The maximum atomic E-state index is 11.7. The molecule has 5 heteroatoms. The first-order valence-corrected chi connectivity index (χ1v) is 7.30. The van der Waals surface area contributed by atoms with Crippen molar-refractivity contribution in [1.82, 2.24) is 9.88 Å². The van der Waals surface area contributed by atoms with Gasteiger partial charge in [0.05, 0.1) is 0 Å². The van der Waals surface area contributed by atoms with Crippen LogP contribution in [0.5, 0.6) is 0 Å². The lowest BCUT2D eigenvalue weighted by atomic mass is 10.2. The molecule has 2 aromatic rings. The molecule has 110 valence electrons. The zero-order chi connectivity index (χ0) is 14.7. The summed E-state index contributed by atoms with van der Waals surface area (Å²) < 4.78 is 2.15. The number of benzene rings is 1. The Labute approximate surface area is 124 Å². The van der Waals surface area contributed by atoms with Gasteiger partial charge in [-0.15, -0.1) is 0 Å². The fraction of sp³-hybridized carbons (Fsp3) is 0.312. The van der Waals surface area contributed by atoms with Gasteiger partial charge in [0, 0.05) is 49.9 Å². The van der Waals surface area contributed by atoms with Gasteiger partial charge < -0.3 is 15.2 Å². The summed E-state index contributed by atoms with van der Waals surface area (Å²) in [6.07, 6.45) is 4.23. The number of aryl methyl sites for hydroxylation is 1. The Morgan fingerprint density at radius 1 is 1.33 bits per heavy atom. The Morgan fingerprint density at radius 2 is 2.24 bits per heavy atom. The van der Waals surface area contributed by atoms with Crippen LogP contribution in [-0.2, 0) is 13.1 Å². The molecule has 0 spiro atoms. The van der Waals surface area contributed by atoms with Gasteiger partial charge in [-0.25, -0.2) is 4.79 Å². The minimum Gasteiger partial charge on any atom is -0.381 e. The Bertz CT molecular complexity index is 635. The predicted molar refractivity (Wildman–Crippen MR) is 84.6 cm³/mol. The maximum Gasteiger partial charge on any atom is 0.321 e. The van der Waals surface area contributed by atoms with Gasteiger partial charge in [-0.3, -0.25) is 4.90 Å². The molecular weight excluding hydrogens is 264 g/mol. The molecule has 1 aromatic carbocycles. The highest BCUT2D eigenvalue weighted by Gasteiger charge is 2.20. The molecule has 1 aliphatic rings. The van der Waals surface area contributed by atoms with E-state index in [2.05, 4.69) is 40.6 Å². The predicted octanol–water partition coefficient (Wildman–Crippen LogP) is 2.65. The number of hydrogen-bond donors (Lipinski definition) is 2. The van der Waals surface area contributed by atoms with E-state index in [1.54, 1.807) is 4.90 Å². The van der Waals surface area contributed by atoms with E-state index in [4.69, 9.17) is 0 Å². The third-order valence-electron chi connectivity index (χ3n) is 3.69. The average Bonchev–Trinajstić information content (AvgIpc) is 3.14. The highest BCUT2D eigenvalue weighted by Crippen LogP contribution is 2.21. The fourth-order valence-corrected chi connectivity index (χ4v) is 2.50. The van der Waals surface area contributed by atoms with Crippen molar-refractivity contribution >= 4 is 17.4 Å². The van der Waals surface area contributed by atoms with Crippen LogP contribution in [0.2, 0.25) is 0 Å². The molecule has 2 N–H and O–H groups in total. The molecule has 3 rings (SSSR count). The Balaban J connectivity index is 1.67. The lowest BCUT2D eigenvalue weighted by Gasteiger charge is -2.15. The van der Waals surface area contributed by atoms with Crippen molar-refractivity contribution in [2.24, 2.45) is 0 Å². The van der Waals surface area contributed by atoms with Gasteiger partial charge in [0.2, 0.25) is 0 Å². The summed E-state index contributed by atoms with van der Waals surface area (Å²) in [5, 5.41) is 6.22. The molecule has 5 nitrogen and oxygen atoms in total. The first-order chi connectivity index (χ1) is 10.3. The number of nitrogens with zero attached hydrogens (tertiary/aromatic N) is 2. The van der Waals surface area contributed by atoms with Crippen molar-refractivity contribution < 1.29 is 4.79 Å². The molecule has 0 radical (unpaired) electrons. The van der Waals surface area contributed by atoms with E-state index >= 15 is 0 Å². The van der Waals surface area contributed by atoms with Crippen LogP contribution in [0.3, 0.4) is 0 Å². The van der Waals surface area contributed by atoms with E-state index in [1.807, 2.05) is 24.3 Å². The molecule has 1 fully saturated rings. The van der Waals surface area contributed by atoms with Gasteiger partial charge >= 0.3 is 6.03 Å². The van der Waals surface area contributed by atoms with Crippen LogP contribution in [0.25, 0.3) is 0 Å². The summed E-state index contributed by atoms with van der Waals surface area (Å²) in [6, 6.07) is 10.1. The van der Waals surface area contributed by atoms with Crippen molar-refractivity contribution in [2.45, 2.75) is 20.0 Å². The quantitative estimate of drug-likeness (QED) is 0.887. The molecule has 21 heavy (non-hydrogen) atoms. The third kappa shape index (κ3) is 3.02. The van der Waals surface area contributed by atoms with Gasteiger partial charge in [0.25, 0.3) is 0 Å². The molecule has 1 aromatic heterocycles. The van der Waals surface area contributed by atoms with Crippen molar-refractivity contribution in [1.29, 1.82) is 0 Å². The van der Waals surface area contributed by atoms with Crippen LogP contribution in [0, 0.1) is 0 Å². The van der Waals surface area contributed by atoms with Crippen molar-refractivity contribution in [2.75, 3.05) is 23.3 Å². The lowest BCUT2D eigenvalue weighted by Crippen LogP contribution is -2.27. The number of rotatable bonds is 5. The molecule has 2 amide bonds. The number of aromatic nitrogens is 1. The number of carbonyl (C=O) groups excluding carboxylic acids is 1. The molecule has 1 saturated heterocycles. The third-order valence-corrected chi connectivity index (χ3v) is 3.69. The van der Waals surface area contributed by atoms with Crippen LogP contribution in [0.1, 0.15) is 12.5 Å². The monoisotopic (exact) mass is 284 g/mol. The van der Waals surface area contributed by atoms with Crippen molar-refractivity contribution in [3.8, 4) is 0 Å². The van der Waals surface area contributed by atoms with Crippen LogP contribution in [-0.4, -0.2) is 23.7 Å². The number of carbonyl (C=O) groups is 1. The smallest absolute Gasteiger partial charge is 0.321 e. The van der Waals surface area contributed by atoms with E-state index in [0.29, 0.717) is 6.54 Å². The summed E-state index contributed by atoms with van der Waals surface area (Å²) in [4.78, 5) is 13.5. The zero-order valence-corrected chi connectivity index (χ0v) is 12.2. The second-order valence-electron chi connectivity index (χ2n) is 5.14. The molecule has 0 unspecified atom stereocenters. The van der Waals surface area contributed by atoms with E-state index in [0.717, 1.165) is 31.0 Å². The van der Waals surface area contributed by atoms with Crippen LogP contribution in [0.4, 0.5) is 16.2 Å². The van der Waals surface area contributed by atoms with Gasteiger partial charge in [-0.1, -0.05) is 6.07 Å². The number of amides is 2. The highest BCUT2D eigenvalue weighted by atomic mass is 16.2. The standard InChI is InChI=1S/C16H20N4O/c1-2-19-8-6-13(12-19)11-18-14-4-3-5-15(10-14)20-9-7-17-16(20)21/h3-6,8,10,12,18H,2,7,9,11H2,1H3,(H,17,21). The number of urea groups is 1. The fourth-order valence-electron chi connectivity index (χ4n) is 2.50. The summed E-state index contributed by atoms with van der Waals surface area (Å²) in [5.74, 6) is 0.